The number of aromatic nitrogens is 1. The van der Waals surface area contributed by atoms with E-state index in [1.165, 1.54) is 4.90 Å². The zero-order chi connectivity index (χ0) is 25.0. The summed E-state index contributed by atoms with van der Waals surface area (Å²) >= 11 is 0. The van der Waals surface area contributed by atoms with Crippen LogP contribution in [-0.4, -0.2) is 47.9 Å². The standard InChI is InChI=1S/C26H35N5O3/c1-16(2)21(29-23(32)17(3)27-6)25(34)31-20(15-18-11-10-14-28-22(18)31)24(33)30-26(4,5)19-12-8-7-9-13-19/h7-14,16-17,20-21,27H,15H2,1-6H3,(H,29,32)(H,30,33). The molecule has 1 aromatic heterocycles. The molecule has 1 aliphatic rings. The Kier molecular flexibility index (Phi) is 7.71. The summed E-state index contributed by atoms with van der Waals surface area (Å²) in [5, 5.41) is 8.86. The zero-order valence-electron chi connectivity index (χ0n) is 20.8. The predicted octanol–water partition coefficient (Wildman–Crippen LogP) is 2.14. The molecule has 34 heavy (non-hydrogen) atoms. The van der Waals surface area contributed by atoms with Crippen LogP contribution in [0.4, 0.5) is 5.82 Å². The Labute approximate surface area is 201 Å². The molecular formula is C26H35N5O3. The molecule has 3 atom stereocenters. The lowest BCUT2D eigenvalue weighted by molar-refractivity contribution is -0.131. The number of carbonyl (C=O) groups is 3. The molecule has 3 rings (SSSR count). The smallest absolute Gasteiger partial charge is 0.251 e. The van der Waals surface area contributed by atoms with Crippen molar-refractivity contribution in [1.82, 2.24) is 20.9 Å². The van der Waals surface area contributed by atoms with Crippen LogP contribution in [0.15, 0.2) is 48.7 Å². The molecule has 2 aromatic rings. The number of nitrogens with zero attached hydrogens (tertiary/aromatic N) is 2. The van der Waals surface area contributed by atoms with Gasteiger partial charge in [-0.05, 0) is 50.9 Å². The van der Waals surface area contributed by atoms with Gasteiger partial charge in [-0.3, -0.25) is 19.3 Å². The van der Waals surface area contributed by atoms with E-state index in [1.54, 1.807) is 26.2 Å². The zero-order valence-corrected chi connectivity index (χ0v) is 20.8. The molecule has 0 aliphatic carbocycles. The van der Waals surface area contributed by atoms with Crippen LogP contribution in [0, 0.1) is 5.92 Å². The first-order chi connectivity index (χ1) is 16.1. The van der Waals surface area contributed by atoms with E-state index in [9.17, 15) is 14.4 Å². The second kappa shape index (κ2) is 10.3. The van der Waals surface area contributed by atoms with E-state index in [0.717, 1.165) is 11.1 Å². The Bertz CT molecular complexity index is 1040. The summed E-state index contributed by atoms with van der Waals surface area (Å²) in [7, 11) is 1.69. The van der Waals surface area contributed by atoms with Crippen molar-refractivity contribution in [2.45, 2.75) is 64.7 Å². The minimum absolute atomic E-state index is 0.183. The summed E-state index contributed by atoms with van der Waals surface area (Å²) in [5.41, 5.74) is 1.15. The summed E-state index contributed by atoms with van der Waals surface area (Å²) in [6, 6.07) is 11.4. The molecule has 1 aromatic carbocycles. The number of anilines is 1. The monoisotopic (exact) mass is 465 g/mol. The molecule has 3 unspecified atom stereocenters. The van der Waals surface area contributed by atoms with Crippen molar-refractivity contribution in [2.75, 3.05) is 11.9 Å². The highest BCUT2D eigenvalue weighted by molar-refractivity contribution is 6.06. The van der Waals surface area contributed by atoms with Gasteiger partial charge in [-0.15, -0.1) is 0 Å². The predicted molar refractivity (Wildman–Crippen MR) is 132 cm³/mol. The topological polar surface area (TPSA) is 103 Å². The number of rotatable bonds is 8. The molecule has 0 saturated carbocycles. The largest absolute Gasteiger partial charge is 0.345 e. The molecule has 0 radical (unpaired) electrons. The molecule has 2 heterocycles. The van der Waals surface area contributed by atoms with Crippen molar-refractivity contribution in [2.24, 2.45) is 5.92 Å². The molecule has 8 heteroatoms. The van der Waals surface area contributed by atoms with Gasteiger partial charge in [0.15, 0.2) is 0 Å². The van der Waals surface area contributed by atoms with E-state index < -0.39 is 23.7 Å². The normalized spacial score (nSPS) is 17.1. The van der Waals surface area contributed by atoms with Gasteiger partial charge in [0.2, 0.25) is 11.8 Å². The molecule has 0 saturated heterocycles. The van der Waals surface area contributed by atoms with Crippen LogP contribution in [0.2, 0.25) is 0 Å². The summed E-state index contributed by atoms with van der Waals surface area (Å²) in [5.74, 6) is -0.606. The van der Waals surface area contributed by atoms with Gasteiger partial charge in [-0.2, -0.15) is 0 Å². The number of hydrogen-bond donors (Lipinski definition) is 3. The first kappa shape index (κ1) is 25.4. The van der Waals surface area contributed by atoms with Crippen molar-refractivity contribution in [3.63, 3.8) is 0 Å². The third kappa shape index (κ3) is 5.28. The molecule has 3 N–H and O–H groups in total. The Morgan fingerprint density at radius 2 is 1.74 bits per heavy atom. The fourth-order valence-corrected chi connectivity index (χ4v) is 4.11. The Morgan fingerprint density at radius 1 is 1.06 bits per heavy atom. The van der Waals surface area contributed by atoms with Gasteiger partial charge in [0.05, 0.1) is 11.6 Å². The SMILES string of the molecule is CNC(C)C(=O)NC(C(=O)N1c2ncccc2CC1C(=O)NC(C)(C)c1ccccc1)C(C)C. The molecule has 3 amide bonds. The third-order valence-corrected chi connectivity index (χ3v) is 6.35. The van der Waals surface area contributed by atoms with Gasteiger partial charge in [0, 0.05) is 12.6 Å². The maximum absolute atomic E-state index is 13.8. The second-order valence-electron chi connectivity index (χ2n) is 9.64. The summed E-state index contributed by atoms with van der Waals surface area (Å²) in [4.78, 5) is 45.8. The summed E-state index contributed by atoms with van der Waals surface area (Å²) in [6.07, 6.45) is 1.97. The van der Waals surface area contributed by atoms with Crippen LogP contribution in [0.5, 0.6) is 0 Å². The minimum Gasteiger partial charge on any atom is -0.345 e. The van der Waals surface area contributed by atoms with Crippen molar-refractivity contribution in [3.05, 3.63) is 59.8 Å². The maximum Gasteiger partial charge on any atom is 0.251 e. The van der Waals surface area contributed by atoms with E-state index in [0.29, 0.717) is 12.2 Å². The van der Waals surface area contributed by atoms with Gasteiger partial charge < -0.3 is 16.0 Å². The lowest BCUT2D eigenvalue weighted by Gasteiger charge is -2.33. The van der Waals surface area contributed by atoms with Crippen molar-refractivity contribution in [3.8, 4) is 0 Å². The van der Waals surface area contributed by atoms with E-state index >= 15 is 0 Å². The number of carbonyl (C=O) groups excluding carboxylic acids is 3. The Hall–Kier alpha value is -3.26. The fourth-order valence-electron chi connectivity index (χ4n) is 4.11. The van der Waals surface area contributed by atoms with Gasteiger partial charge >= 0.3 is 0 Å². The van der Waals surface area contributed by atoms with Gasteiger partial charge in [0.1, 0.15) is 17.9 Å². The number of hydrogen-bond acceptors (Lipinski definition) is 5. The lowest BCUT2D eigenvalue weighted by Crippen LogP contribution is -2.59. The number of nitrogens with one attached hydrogen (secondary N) is 3. The highest BCUT2D eigenvalue weighted by Gasteiger charge is 2.44. The van der Waals surface area contributed by atoms with Crippen LogP contribution >= 0.6 is 0 Å². The van der Waals surface area contributed by atoms with E-state index in [-0.39, 0.29) is 23.6 Å². The van der Waals surface area contributed by atoms with Gasteiger partial charge in [-0.1, -0.05) is 50.2 Å². The van der Waals surface area contributed by atoms with Crippen LogP contribution in [0.3, 0.4) is 0 Å². The Morgan fingerprint density at radius 3 is 2.35 bits per heavy atom. The number of likely N-dealkylation sites (N-methyl/N-ethyl adjacent to an activating group) is 1. The molecule has 0 bridgehead atoms. The van der Waals surface area contributed by atoms with Gasteiger partial charge in [-0.25, -0.2) is 4.98 Å². The fraction of sp³-hybridized carbons (Fsp3) is 0.462. The molecule has 8 nitrogen and oxygen atoms in total. The van der Waals surface area contributed by atoms with Crippen LogP contribution < -0.4 is 20.9 Å². The second-order valence-corrected chi connectivity index (χ2v) is 9.64. The van der Waals surface area contributed by atoms with E-state index in [2.05, 4.69) is 20.9 Å². The number of benzene rings is 1. The highest BCUT2D eigenvalue weighted by Crippen LogP contribution is 2.32. The van der Waals surface area contributed by atoms with Crippen LogP contribution in [-0.2, 0) is 26.3 Å². The first-order valence-electron chi connectivity index (χ1n) is 11.7. The molecule has 182 valence electrons. The van der Waals surface area contributed by atoms with Crippen molar-refractivity contribution < 1.29 is 14.4 Å². The summed E-state index contributed by atoms with van der Waals surface area (Å²) in [6.45, 7) is 9.34. The number of fused-ring (bicyclic) bond motifs is 1. The quantitative estimate of drug-likeness (QED) is 0.554. The molecule has 0 fully saturated rings. The molecule has 0 spiro atoms. The average molecular weight is 466 g/mol. The number of amides is 3. The number of pyridine rings is 1. The van der Waals surface area contributed by atoms with E-state index in [1.807, 2.05) is 64.1 Å². The average Bonchev–Trinajstić information content (AvgIpc) is 3.21. The van der Waals surface area contributed by atoms with Crippen LogP contribution in [0.1, 0.15) is 45.7 Å². The van der Waals surface area contributed by atoms with Gasteiger partial charge in [0.25, 0.3) is 5.91 Å². The van der Waals surface area contributed by atoms with Crippen molar-refractivity contribution in [1.29, 1.82) is 0 Å². The minimum atomic E-state index is -0.798. The van der Waals surface area contributed by atoms with Crippen LogP contribution in [0.25, 0.3) is 0 Å². The third-order valence-electron chi connectivity index (χ3n) is 6.35. The highest BCUT2D eigenvalue weighted by atomic mass is 16.2. The Balaban J connectivity index is 1.91. The molecule has 1 aliphatic heterocycles. The summed E-state index contributed by atoms with van der Waals surface area (Å²) < 4.78 is 0. The lowest BCUT2D eigenvalue weighted by atomic mass is 9.93. The molecular weight excluding hydrogens is 430 g/mol. The first-order valence-corrected chi connectivity index (χ1v) is 11.7. The van der Waals surface area contributed by atoms with E-state index in [4.69, 9.17) is 0 Å². The van der Waals surface area contributed by atoms with Crippen molar-refractivity contribution >= 4 is 23.5 Å². The maximum atomic E-state index is 13.8.